The van der Waals surface area contributed by atoms with Crippen molar-refractivity contribution in [2.75, 3.05) is 6.61 Å². The van der Waals surface area contributed by atoms with Crippen molar-refractivity contribution in [2.45, 2.75) is 63.8 Å². The van der Waals surface area contributed by atoms with Crippen molar-refractivity contribution in [1.29, 1.82) is 0 Å². The van der Waals surface area contributed by atoms with Crippen LogP contribution < -0.4 is 0 Å². The first-order chi connectivity index (χ1) is 17.9. The molecule has 0 spiro atoms. The summed E-state index contributed by atoms with van der Waals surface area (Å²) in [4.78, 5) is 26.6. The number of carbonyl (C=O) groups is 2. The third kappa shape index (κ3) is 3.17. The Morgan fingerprint density at radius 3 is 2.53 bits per heavy atom. The molecule has 3 N–H and O–H groups in total. The number of aliphatic hydroxyl groups is 3. The van der Waals surface area contributed by atoms with E-state index in [1.165, 1.54) is 0 Å². The molecular formula is C32H36O6. The minimum atomic E-state index is -1.79. The van der Waals surface area contributed by atoms with E-state index < -0.39 is 39.8 Å². The van der Waals surface area contributed by atoms with E-state index in [9.17, 15) is 24.9 Å². The molecule has 2 fully saturated rings. The zero-order chi connectivity index (χ0) is 27.3. The second kappa shape index (κ2) is 8.10. The predicted molar refractivity (Wildman–Crippen MR) is 143 cm³/mol. The largest absolute Gasteiger partial charge is 0.458 e. The van der Waals surface area contributed by atoms with Gasteiger partial charge in [0.25, 0.3) is 0 Å². The third-order valence-electron chi connectivity index (χ3n) is 10.4. The average molecular weight is 517 g/mol. The zero-order valence-electron chi connectivity index (χ0n) is 22.4. The summed E-state index contributed by atoms with van der Waals surface area (Å²) in [6, 6.07) is 13.9. The highest BCUT2D eigenvalue weighted by Crippen LogP contribution is 2.76. The number of esters is 1. The molecule has 0 heterocycles. The molecule has 6 rings (SSSR count). The Kier molecular flexibility index (Phi) is 5.43. The number of hydrogen-bond donors (Lipinski definition) is 3. The van der Waals surface area contributed by atoms with Gasteiger partial charge in [-0.2, -0.15) is 0 Å². The van der Waals surface area contributed by atoms with Crippen LogP contribution in [0.3, 0.4) is 0 Å². The molecule has 0 aliphatic heterocycles. The normalized spacial score (nSPS) is 38.9. The van der Waals surface area contributed by atoms with E-state index >= 15 is 0 Å². The Morgan fingerprint density at radius 1 is 1.08 bits per heavy atom. The van der Waals surface area contributed by atoms with E-state index in [-0.39, 0.29) is 37.3 Å². The van der Waals surface area contributed by atoms with Gasteiger partial charge in [0.2, 0.25) is 0 Å². The van der Waals surface area contributed by atoms with Gasteiger partial charge in [0.05, 0.1) is 18.6 Å². The minimum absolute atomic E-state index is 0.0204. The number of Topliss-reactive ketones (excluding diaryl/α,β-unsaturated/α-hetero) is 1. The molecule has 2 aromatic rings. The van der Waals surface area contributed by atoms with E-state index in [2.05, 4.69) is 13.8 Å². The molecule has 6 nitrogen and oxygen atoms in total. The SMILES string of the molecule is CC1=C[C@H]2[C@@]3(O)[C@H](C)C[C@]4(OC(=O)Cc5cccc6ccccc56)[C@H]([C@@H]3C=C(CO)C[C@]2(O)C1=O)C4(C)C. The van der Waals surface area contributed by atoms with E-state index in [0.29, 0.717) is 17.6 Å². The van der Waals surface area contributed by atoms with Gasteiger partial charge in [-0.1, -0.05) is 75.4 Å². The summed E-state index contributed by atoms with van der Waals surface area (Å²) < 4.78 is 6.39. The average Bonchev–Trinajstić information content (AvgIpc) is 3.28. The standard InChI is InChI=1S/C32H36O6/c1-18-12-25-30(36,28(18)35)16-20(17-33)13-24-27-29(3,4)31(27,15-19(2)32(24,25)37)38-26(34)14-22-10-7-9-21-8-5-6-11-23(21)22/h5-13,19,24-25,27,33,36-37H,14-17H2,1-4H3/t19-,24+,25-,27-,30-,31+,32-/m1/s1. The Bertz CT molecular complexity index is 1410. The number of rotatable bonds is 4. The zero-order valence-corrected chi connectivity index (χ0v) is 22.4. The second-order valence-corrected chi connectivity index (χ2v) is 12.6. The monoisotopic (exact) mass is 516 g/mol. The molecule has 0 radical (unpaired) electrons. The van der Waals surface area contributed by atoms with Crippen LogP contribution in [0.1, 0.15) is 46.1 Å². The molecule has 200 valence electrons. The Morgan fingerprint density at radius 2 is 1.79 bits per heavy atom. The molecule has 2 saturated carbocycles. The van der Waals surface area contributed by atoms with Gasteiger partial charge in [0.15, 0.2) is 5.78 Å². The minimum Gasteiger partial charge on any atom is -0.458 e. The summed E-state index contributed by atoms with van der Waals surface area (Å²) in [7, 11) is 0. The van der Waals surface area contributed by atoms with Gasteiger partial charge in [0, 0.05) is 29.6 Å². The predicted octanol–water partition coefficient (Wildman–Crippen LogP) is 3.91. The van der Waals surface area contributed by atoms with Crippen molar-refractivity contribution >= 4 is 22.5 Å². The highest BCUT2D eigenvalue weighted by molar-refractivity contribution is 6.04. The van der Waals surface area contributed by atoms with E-state index in [1.807, 2.05) is 55.5 Å². The number of fused-ring (bicyclic) bond motifs is 6. The highest BCUT2D eigenvalue weighted by atomic mass is 16.6. The topological polar surface area (TPSA) is 104 Å². The van der Waals surface area contributed by atoms with Crippen LogP contribution >= 0.6 is 0 Å². The van der Waals surface area contributed by atoms with Crippen LogP contribution in [0.5, 0.6) is 0 Å². The van der Waals surface area contributed by atoms with Gasteiger partial charge in [-0.15, -0.1) is 0 Å². The van der Waals surface area contributed by atoms with Crippen molar-refractivity contribution in [2.24, 2.45) is 29.1 Å². The summed E-state index contributed by atoms with van der Waals surface area (Å²) >= 11 is 0. The lowest BCUT2D eigenvalue weighted by Gasteiger charge is -2.50. The summed E-state index contributed by atoms with van der Waals surface area (Å²) in [6.45, 7) is 7.40. The van der Waals surface area contributed by atoms with E-state index in [1.54, 1.807) is 13.0 Å². The molecule has 0 unspecified atom stereocenters. The molecule has 6 heteroatoms. The molecule has 0 aromatic heterocycles. The van der Waals surface area contributed by atoms with Gasteiger partial charge in [-0.05, 0) is 46.7 Å². The number of aliphatic hydroxyl groups excluding tert-OH is 1. The second-order valence-electron chi connectivity index (χ2n) is 12.6. The lowest BCUT2D eigenvalue weighted by atomic mass is 9.60. The van der Waals surface area contributed by atoms with Crippen LogP contribution in [-0.4, -0.2) is 50.5 Å². The maximum absolute atomic E-state index is 13.5. The molecule has 4 aliphatic carbocycles. The van der Waals surface area contributed by atoms with Crippen molar-refractivity contribution in [3.8, 4) is 0 Å². The van der Waals surface area contributed by atoms with Gasteiger partial charge < -0.3 is 20.1 Å². The Labute approximate surface area is 223 Å². The van der Waals surface area contributed by atoms with Crippen LogP contribution in [-0.2, 0) is 20.7 Å². The van der Waals surface area contributed by atoms with Gasteiger partial charge in [0.1, 0.15) is 11.2 Å². The maximum atomic E-state index is 13.5. The fourth-order valence-electron chi connectivity index (χ4n) is 8.44. The number of ether oxygens (including phenoxy) is 1. The van der Waals surface area contributed by atoms with Crippen LogP contribution in [0.15, 0.2) is 65.8 Å². The number of hydrogen-bond acceptors (Lipinski definition) is 6. The molecule has 0 bridgehead atoms. The Balaban J connectivity index is 1.36. The van der Waals surface area contributed by atoms with Crippen LogP contribution in [0.2, 0.25) is 0 Å². The van der Waals surface area contributed by atoms with Gasteiger partial charge in [-0.25, -0.2) is 0 Å². The van der Waals surface area contributed by atoms with Crippen LogP contribution in [0.4, 0.5) is 0 Å². The summed E-state index contributed by atoms with van der Waals surface area (Å²) in [5, 5.41) is 36.3. The van der Waals surface area contributed by atoms with Gasteiger partial charge in [-0.3, -0.25) is 9.59 Å². The Hall–Kier alpha value is -2.80. The molecule has 38 heavy (non-hydrogen) atoms. The van der Waals surface area contributed by atoms with Crippen LogP contribution in [0.25, 0.3) is 10.8 Å². The number of benzene rings is 2. The first-order valence-electron chi connectivity index (χ1n) is 13.6. The number of carbonyl (C=O) groups excluding carboxylic acids is 2. The van der Waals surface area contributed by atoms with Crippen molar-refractivity contribution < 1.29 is 29.6 Å². The fourth-order valence-corrected chi connectivity index (χ4v) is 8.44. The molecule has 4 aliphatic rings. The third-order valence-corrected chi connectivity index (χ3v) is 10.4. The summed E-state index contributed by atoms with van der Waals surface area (Å²) in [5.74, 6) is -2.60. The van der Waals surface area contributed by atoms with Crippen molar-refractivity contribution in [3.63, 3.8) is 0 Å². The van der Waals surface area contributed by atoms with Crippen LogP contribution in [0, 0.1) is 29.1 Å². The highest BCUT2D eigenvalue weighted by Gasteiger charge is 2.83. The van der Waals surface area contributed by atoms with Crippen molar-refractivity contribution in [1.82, 2.24) is 0 Å². The first kappa shape index (κ1) is 25.5. The quantitative estimate of drug-likeness (QED) is 0.421. The lowest BCUT2D eigenvalue weighted by Crippen LogP contribution is -2.61. The first-order valence-corrected chi connectivity index (χ1v) is 13.6. The summed E-state index contributed by atoms with van der Waals surface area (Å²) in [6.07, 6.45) is 4.12. The molecule has 2 aromatic carbocycles. The van der Waals surface area contributed by atoms with Crippen molar-refractivity contribution in [3.05, 3.63) is 71.3 Å². The van der Waals surface area contributed by atoms with E-state index in [4.69, 9.17) is 4.74 Å². The number of ketones is 1. The lowest BCUT2D eigenvalue weighted by molar-refractivity contribution is -0.186. The maximum Gasteiger partial charge on any atom is 0.310 e. The smallest absolute Gasteiger partial charge is 0.310 e. The summed E-state index contributed by atoms with van der Waals surface area (Å²) in [5.41, 5.74) is -2.57. The molecular weight excluding hydrogens is 480 g/mol. The van der Waals surface area contributed by atoms with E-state index in [0.717, 1.165) is 16.3 Å². The molecule has 0 amide bonds. The molecule has 0 saturated heterocycles. The fraction of sp³-hybridized carbons (Fsp3) is 0.500. The molecule has 7 atom stereocenters. The van der Waals surface area contributed by atoms with Gasteiger partial charge >= 0.3 is 5.97 Å².